The zero-order chi connectivity index (χ0) is 16.9. The number of para-hydroxylation sites is 1. The van der Waals surface area contributed by atoms with Gasteiger partial charge in [-0.25, -0.2) is 9.97 Å². The van der Waals surface area contributed by atoms with Crippen molar-refractivity contribution in [3.05, 3.63) is 77.9 Å². The van der Waals surface area contributed by atoms with Crippen molar-refractivity contribution in [1.29, 1.82) is 0 Å². The van der Waals surface area contributed by atoms with Crippen LogP contribution in [0.15, 0.2) is 60.9 Å². The van der Waals surface area contributed by atoms with E-state index in [1.807, 2.05) is 42.5 Å². The summed E-state index contributed by atoms with van der Waals surface area (Å²) in [5, 5.41) is 2.86. The molecule has 0 bridgehead atoms. The fourth-order valence-electron chi connectivity index (χ4n) is 2.35. The zero-order valence-electron chi connectivity index (χ0n) is 13.5. The van der Waals surface area contributed by atoms with Crippen LogP contribution in [-0.4, -0.2) is 15.9 Å². The van der Waals surface area contributed by atoms with E-state index < -0.39 is 0 Å². The van der Waals surface area contributed by atoms with Gasteiger partial charge >= 0.3 is 0 Å². The fraction of sp³-hybridized carbons (Fsp3) is 0.105. The predicted molar refractivity (Wildman–Crippen MR) is 92.4 cm³/mol. The monoisotopic (exact) mass is 319 g/mol. The summed E-state index contributed by atoms with van der Waals surface area (Å²) in [6, 6.07) is 16.7. The lowest BCUT2D eigenvalue weighted by molar-refractivity contribution is 0.102. The number of hydrogen-bond acceptors (Lipinski definition) is 4. The summed E-state index contributed by atoms with van der Waals surface area (Å²) in [5.74, 6) is 1.25. The first-order chi connectivity index (χ1) is 11.6. The number of ether oxygens (including phenoxy) is 1. The van der Waals surface area contributed by atoms with Crippen molar-refractivity contribution in [1.82, 2.24) is 9.97 Å². The molecule has 0 radical (unpaired) electrons. The molecule has 1 amide bonds. The second-order valence-electron chi connectivity index (χ2n) is 5.31. The quantitative estimate of drug-likeness (QED) is 0.785. The number of aromatic nitrogens is 2. The highest BCUT2D eigenvalue weighted by molar-refractivity contribution is 6.05. The Morgan fingerprint density at radius 1 is 0.875 bits per heavy atom. The predicted octanol–water partition coefficient (Wildman–Crippen LogP) is 4.14. The van der Waals surface area contributed by atoms with Gasteiger partial charge in [0.05, 0.1) is 17.0 Å². The number of aryl methyl sites for hydroxylation is 2. The molecule has 5 heteroatoms. The molecule has 1 aromatic heterocycles. The second kappa shape index (κ2) is 6.91. The number of rotatable bonds is 4. The minimum Gasteiger partial charge on any atom is -0.457 e. The van der Waals surface area contributed by atoms with Crippen molar-refractivity contribution >= 4 is 11.6 Å². The number of nitrogens with one attached hydrogen (secondary N) is 1. The van der Waals surface area contributed by atoms with Gasteiger partial charge < -0.3 is 10.1 Å². The lowest BCUT2D eigenvalue weighted by Crippen LogP contribution is -2.16. The summed E-state index contributed by atoms with van der Waals surface area (Å²) >= 11 is 0. The Morgan fingerprint density at radius 3 is 2.08 bits per heavy atom. The van der Waals surface area contributed by atoms with Gasteiger partial charge in [-0.15, -0.1) is 0 Å². The largest absolute Gasteiger partial charge is 0.457 e. The number of hydrogen-bond donors (Lipinski definition) is 1. The Bertz CT molecular complexity index is 826. The summed E-state index contributed by atoms with van der Waals surface area (Å²) in [4.78, 5) is 20.6. The summed E-state index contributed by atoms with van der Waals surface area (Å²) < 4.78 is 5.73. The topological polar surface area (TPSA) is 64.1 Å². The van der Waals surface area contributed by atoms with Crippen LogP contribution in [0.4, 0.5) is 5.69 Å². The van der Waals surface area contributed by atoms with Crippen LogP contribution in [0.1, 0.15) is 21.7 Å². The molecular weight excluding hydrogens is 302 g/mol. The summed E-state index contributed by atoms with van der Waals surface area (Å²) in [6.07, 6.45) is 1.46. The molecule has 0 atom stereocenters. The highest BCUT2D eigenvalue weighted by Gasteiger charge is 2.14. The molecule has 24 heavy (non-hydrogen) atoms. The standard InChI is InChI=1S/C19H17N3O2/c1-13-18(14(2)21-12-20-13)19(23)22-15-8-10-17(11-9-15)24-16-6-4-3-5-7-16/h3-12H,1-2H3,(H,22,23). The molecule has 5 nitrogen and oxygen atoms in total. The first kappa shape index (κ1) is 15.7. The van der Waals surface area contributed by atoms with E-state index in [1.54, 1.807) is 26.0 Å². The molecule has 0 saturated carbocycles. The molecule has 0 saturated heterocycles. The molecular formula is C19H17N3O2. The van der Waals surface area contributed by atoms with Gasteiger partial charge in [-0.05, 0) is 50.2 Å². The van der Waals surface area contributed by atoms with Gasteiger partial charge in [0, 0.05) is 5.69 Å². The van der Waals surface area contributed by atoms with Crippen LogP contribution >= 0.6 is 0 Å². The molecule has 3 rings (SSSR count). The second-order valence-corrected chi connectivity index (χ2v) is 5.31. The van der Waals surface area contributed by atoms with Gasteiger partial charge in [-0.2, -0.15) is 0 Å². The lowest BCUT2D eigenvalue weighted by atomic mass is 10.1. The Hall–Kier alpha value is -3.21. The summed E-state index contributed by atoms with van der Waals surface area (Å²) in [5.41, 5.74) is 2.50. The van der Waals surface area contributed by atoms with Crippen LogP contribution in [0.3, 0.4) is 0 Å². The molecule has 2 aromatic carbocycles. The van der Waals surface area contributed by atoms with Crippen LogP contribution in [0.5, 0.6) is 11.5 Å². The van der Waals surface area contributed by atoms with Gasteiger partial charge in [0.2, 0.25) is 0 Å². The molecule has 1 heterocycles. The average molecular weight is 319 g/mol. The molecule has 0 aliphatic heterocycles. The number of nitrogens with zero attached hydrogens (tertiary/aromatic N) is 2. The Kier molecular flexibility index (Phi) is 4.52. The molecule has 0 aliphatic rings. The zero-order valence-corrected chi connectivity index (χ0v) is 13.5. The van der Waals surface area contributed by atoms with E-state index in [1.165, 1.54) is 6.33 Å². The highest BCUT2D eigenvalue weighted by Crippen LogP contribution is 2.23. The maximum absolute atomic E-state index is 12.4. The van der Waals surface area contributed by atoms with Crippen molar-refractivity contribution in [2.24, 2.45) is 0 Å². The van der Waals surface area contributed by atoms with Crippen molar-refractivity contribution in [2.75, 3.05) is 5.32 Å². The fourth-order valence-corrected chi connectivity index (χ4v) is 2.35. The average Bonchev–Trinajstić information content (AvgIpc) is 2.57. The van der Waals surface area contributed by atoms with Crippen LogP contribution in [-0.2, 0) is 0 Å². The molecule has 1 N–H and O–H groups in total. The van der Waals surface area contributed by atoms with Gasteiger partial charge in [0.25, 0.3) is 5.91 Å². The smallest absolute Gasteiger partial charge is 0.259 e. The SMILES string of the molecule is Cc1ncnc(C)c1C(=O)Nc1ccc(Oc2ccccc2)cc1. The van der Waals surface area contributed by atoms with Gasteiger partial charge in [-0.1, -0.05) is 18.2 Å². The third kappa shape index (κ3) is 3.57. The molecule has 0 aliphatic carbocycles. The minimum atomic E-state index is -0.220. The number of carbonyl (C=O) groups is 1. The molecule has 120 valence electrons. The van der Waals surface area contributed by atoms with E-state index in [9.17, 15) is 4.79 Å². The van der Waals surface area contributed by atoms with Crippen LogP contribution in [0.25, 0.3) is 0 Å². The van der Waals surface area contributed by atoms with Gasteiger partial charge in [-0.3, -0.25) is 4.79 Å². The van der Waals surface area contributed by atoms with Crippen LogP contribution in [0.2, 0.25) is 0 Å². The van der Waals surface area contributed by atoms with Crippen molar-refractivity contribution in [3.63, 3.8) is 0 Å². The van der Waals surface area contributed by atoms with E-state index in [4.69, 9.17) is 4.74 Å². The summed E-state index contributed by atoms with van der Waals surface area (Å²) in [7, 11) is 0. The third-order valence-corrected chi connectivity index (χ3v) is 3.54. The molecule has 0 fully saturated rings. The van der Waals surface area contributed by atoms with E-state index in [0.29, 0.717) is 28.4 Å². The highest BCUT2D eigenvalue weighted by atomic mass is 16.5. The molecule has 0 unspecified atom stereocenters. The molecule has 3 aromatic rings. The number of amides is 1. The van der Waals surface area contributed by atoms with Gasteiger partial charge in [0.15, 0.2) is 0 Å². The van der Waals surface area contributed by atoms with Crippen molar-refractivity contribution in [3.8, 4) is 11.5 Å². The number of carbonyl (C=O) groups excluding carboxylic acids is 1. The number of anilines is 1. The molecule has 0 spiro atoms. The van der Waals surface area contributed by atoms with Crippen LogP contribution in [0, 0.1) is 13.8 Å². The lowest BCUT2D eigenvalue weighted by Gasteiger charge is -2.10. The first-order valence-corrected chi connectivity index (χ1v) is 7.56. The normalized spacial score (nSPS) is 10.2. The Balaban J connectivity index is 1.71. The third-order valence-electron chi connectivity index (χ3n) is 3.54. The van der Waals surface area contributed by atoms with E-state index in [2.05, 4.69) is 15.3 Å². The van der Waals surface area contributed by atoms with E-state index >= 15 is 0 Å². The van der Waals surface area contributed by atoms with Gasteiger partial charge in [0.1, 0.15) is 17.8 Å². The Morgan fingerprint density at radius 2 is 1.46 bits per heavy atom. The first-order valence-electron chi connectivity index (χ1n) is 7.56. The maximum Gasteiger partial charge on any atom is 0.259 e. The number of benzene rings is 2. The van der Waals surface area contributed by atoms with E-state index in [-0.39, 0.29) is 5.91 Å². The van der Waals surface area contributed by atoms with E-state index in [0.717, 1.165) is 5.75 Å². The van der Waals surface area contributed by atoms with Crippen LogP contribution < -0.4 is 10.1 Å². The van der Waals surface area contributed by atoms with Crippen molar-refractivity contribution < 1.29 is 9.53 Å². The van der Waals surface area contributed by atoms with Crippen molar-refractivity contribution in [2.45, 2.75) is 13.8 Å². The maximum atomic E-state index is 12.4. The summed E-state index contributed by atoms with van der Waals surface area (Å²) in [6.45, 7) is 3.58. The minimum absolute atomic E-state index is 0.220. The Labute approximate surface area is 140 Å².